The molecule has 1 aromatic rings. The van der Waals surface area contributed by atoms with E-state index in [9.17, 15) is 8.42 Å². The molecule has 0 amide bonds. The Balaban J connectivity index is 2.31. The van der Waals surface area contributed by atoms with E-state index in [1.165, 1.54) is 16.8 Å². The third-order valence-electron chi connectivity index (χ3n) is 4.10. The quantitative estimate of drug-likeness (QED) is 0.890. The Hall–Kier alpha value is -0.370. The summed E-state index contributed by atoms with van der Waals surface area (Å²) in [5.74, 6) is 0.837. The lowest BCUT2D eigenvalue weighted by Gasteiger charge is -2.35. The smallest absolute Gasteiger partial charge is 0.247 e. The van der Waals surface area contributed by atoms with Crippen LogP contribution in [0.25, 0.3) is 0 Å². The summed E-state index contributed by atoms with van der Waals surface area (Å²) >= 11 is 3.17. The third-order valence-corrected chi connectivity index (χ3v) is 6.84. The van der Waals surface area contributed by atoms with Crippen LogP contribution < -0.4 is 5.73 Å². The highest BCUT2D eigenvalue weighted by atomic mass is 79.9. The van der Waals surface area contributed by atoms with Crippen LogP contribution in [0, 0.1) is 5.92 Å². The molecule has 0 bridgehead atoms. The van der Waals surface area contributed by atoms with Crippen molar-refractivity contribution in [2.24, 2.45) is 11.7 Å². The Morgan fingerprint density at radius 2 is 2.10 bits per heavy atom. The topological polar surface area (TPSA) is 76.5 Å². The number of halogens is 1. The van der Waals surface area contributed by atoms with E-state index in [2.05, 4.69) is 22.9 Å². The molecule has 2 unspecified atom stereocenters. The van der Waals surface area contributed by atoms with Crippen LogP contribution in [-0.2, 0) is 16.6 Å². The zero-order valence-electron chi connectivity index (χ0n) is 11.8. The number of hydrogen-bond donors (Lipinski definition) is 1. The Morgan fingerprint density at radius 3 is 2.65 bits per heavy atom. The van der Waals surface area contributed by atoms with Crippen molar-refractivity contribution in [2.75, 3.05) is 7.05 Å². The predicted molar refractivity (Wildman–Crippen MR) is 80.7 cm³/mol. The van der Waals surface area contributed by atoms with E-state index in [-0.39, 0.29) is 22.2 Å². The van der Waals surface area contributed by atoms with Crippen LogP contribution in [-0.4, -0.2) is 25.8 Å². The molecule has 1 saturated carbocycles. The molecule has 5 nitrogen and oxygen atoms in total. The molecule has 7 heteroatoms. The normalized spacial score (nSPS) is 24.2. The average molecular weight is 365 g/mol. The molecule has 1 aliphatic carbocycles. The fourth-order valence-corrected chi connectivity index (χ4v) is 5.29. The minimum atomic E-state index is -3.55. The largest absolute Gasteiger partial charge is 0.452 e. The van der Waals surface area contributed by atoms with Crippen molar-refractivity contribution >= 4 is 26.0 Å². The van der Waals surface area contributed by atoms with Gasteiger partial charge in [0.1, 0.15) is 10.7 Å². The zero-order chi connectivity index (χ0) is 14.9. The van der Waals surface area contributed by atoms with E-state index in [1.807, 2.05) is 0 Å². The minimum Gasteiger partial charge on any atom is -0.452 e. The molecule has 2 atom stereocenters. The highest BCUT2D eigenvalue weighted by Gasteiger charge is 2.35. The van der Waals surface area contributed by atoms with Crippen LogP contribution in [0.4, 0.5) is 0 Å². The van der Waals surface area contributed by atoms with Crippen molar-refractivity contribution in [3.05, 3.63) is 16.5 Å². The van der Waals surface area contributed by atoms with Crippen LogP contribution in [0.3, 0.4) is 0 Å². The molecule has 1 heterocycles. The number of rotatable bonds is 4. The van der Waals surface area contributed by atoms with Crippen molar-refractivity contribution in [1.29, 1.82) is 0 Å². The molecule has 1 aromatic heterocycles. The SMILES string of the molecule is CC1CCCCC1N(C)S(=O)(=O)c1cc(CN)oc1Br. The predicted octanol–water partition coefficient (Wildman–Crippen LogP) is 2.70. The van der Waals surface area contributed by atoms with Crippen LogP contribution in [0.2, 0.25) is 0 Å². The van der Waals surface area contributed by atoms with Gasteiger partial charge in [-0.05, 0) is 34.7 Å². The van der Waals surface area contributed by atoms with Crippen molar-refractivity contribution in [3.8, 4) is 0 Å². The first-order chi connectivity index (χ1) is 9.37. The lowest BCUT2D eigenvalue weighted by molar-refractivity contribution is 0.213. The molecule has 0 aromatic carbocycles. The van der Waals surface area contributed by atoms with Crippen molar-refractivity contribution in [1.82, 2.24) is 4.31 Å². The van der Waals surface area contributed by atoms with Crippen LogP contribution in [0.1, 0.15) is 38.4 Å². The van der Waals surface area contributed by atoms with E-state index >= 15 is 0 Å². The fraction of sp³-hybridized carbons (Fsp3) is 0.692. The molecule has 0 saturated heterocycles. The van der Waals surface area contributed by atoms with E-state index in [0.717, 1.165) is 19.3 Å². The second-order valence-corrected chi connectivity index (χ2v) is 8.09. The summed E-state index contributed by atoms with van der Waals surface area (Å²) in [5.41, 5.74) is 5.49. The lowest BCUT2D eigenvalue weighted by Crippen LogP contribution is -2.42. The number of nitrogens with zero attached hydrogens (tertiary/aromatic N) is 1. The Labute approximate surface area is 128 Å². The summed E-state index contributed by atoms with van der Waals surface area (Å²) < 4.78 is 32.5. The van der Waals surface area contributed by atoms with Gasteiger partial charge in [-0.3, -0.25) is 0 Å². The maximum atomic E-state index is 12.7. The summed E-state index contributed by atoms with van der Waals surface area (Å²) in [4.78, 5) is 0.165. The molecule has 0 radical (unpaired) electrons. The summed E-state index contributed by atoms with van der Waals surface area (Å²) in [6.45, 7) is 2.29. The van der Waals surface area contributed by atoms with Gasteiger partial charge in [0.15, 0.2) is 4.67 Å². The standard InChI is InChI=1S/C13H21BrN2O3S/c1-9-5-3-4-6-11(9)16(2)20(17,18)12-7-10(8-15)19-13(12)14/h7,9,11H,3-6,8,15H2,1-2H3. The first-order valence-electron chi connectivity index (χ1n) is 6.84. The molecule has 114 valence electrons. The highest BCUT2D eigenvalue weighted by Crippen LogP contribution is 2.34. The van der Waals surface area contributed by atoms with Gasteiger partial charge in [0.05, 0.1) is 6.54 Å². The number of hydrogen-bond acceptors (Lipinski definition) is 4. The van der Waals surface area contributed by atoms with Crippen molar-refractivity contribution < 1.29 is 12.8 Å². The van der Waals surface area contributed by atoms with E-state index in [0.29, 0.717) is 11.7 Å². The Morgan fingerprint density at radius 1 is 1.45 bits per heavy atom. The molecular weight excluding hydrogens is 344 g/mol. The molecule has 2 N–H and O–H groups in total. The number of sulfonamides is 1. The summed E-state index contributed by atoms with van der Waals surface area (Å²) in [6, 6.07) is 1.56. The van der Waals surface area contributed by atoms with Crippen molar-refractivity contribution in [3.63, 3.8) is 0 Å². The minimum absolute atomic E-state index is 0.0527. The van der Waals surface area contributed by atoms with Gasteiger partial charge in [-0.15, -0.1) is 0 Å². The Bertz CT molecular complexity index is 570. The van der Waals surface area contributed by atoms with E-state index in [1.54, 1.807) is 7.05 Å². The maximum absolute atomic E-state index is 12.7. The van der Waals surface area contributed by atoms with E-state index < -0.39 is 10.0 Å². The first-order valence-corrected chi connectivity index (χ1v) is 9.07. The average Bonchev–Trinajstić information content (AvgIpc) is 2.80. The van der Waals surface area contributed by atoms with Gasteiger partial charge >= 0.3 is 0 Å². The van der Waals surface area contributed by atoms with Gasteiger partial charge in [0, 0.05) is 19.2 Å². The molecule has 1 fully saturated rings. The number of nitrogens with two attached hydrogens (primary N) is 1. The summed E-state index contributed by atoms with van der Waals surface area (Å²) in [6.07, 6.45) is 4.25. The van der Waals surface area contributed by atoms with Gasteiger partial charge in [-0.1, -0.05) is 19.8 Å². The maximum Gasteiger partial charge on any atom is 0.247 e. The Kier molecular flexibility index (Phi) is 4.94. The van der Waals surface area contributed by atoms with Gasteiger partial charge in [-0.2, -0.15) is 4.31 Å². The zero-order valence-corrected chi connectivity index (χ0v) is 14.2. The summed E-state index contributed by atoms with van der Waals surface area (Å²) in [5, 5.41) is 0. The second kappa shape index (κ2) is 6.17. The van der Waals surface area contributed by atoms with Crippen molar-refractivity contribution in [2.45, 2.75) is 50.1 Å². The summed E-state index contributed by atoms with van der Waals surface area (Å²) in [7, 11) is -1.90. The molecule has 0 spiro atoms. The number of furan rings is 1. The molecule has 2 rings (SSSR count). The molecule has 20 heavy (non-hydrogen) atoms. The molecule has 1 aliphatic rings. The van der Waals surface area contributed by atoms with Crippen LogP contribution in [0.5, 0.6) is 0 Å². The van der Waals surface area contributed by atoms with Gasteiger partial charge in [0.2, 0.25) is 10.0 Å². The van der Waals surface area contributed by atoms with Gasteiger partial charge in [-0.25, -0.2) is 8.42 Å². The first kappa shape index (κ1) is 16.0. The van der Waals surface area contributed by atoms with Crippen LogP contribution >= 0.6 is 15.9 Å². The monoisotopic (exact) mass is 364 g/mol. The molecular formula is C13H21BrN2O3S. The molecule has 0 aliphatic heterocycles. The second-order valence-electron chi connectivity index (χ2n) is 5.41. The van der Waals surface area contributed by atoms with Crippen LogP contribution in [0.15, 0.2) is 20.0 Å². The van der Waals surface area contributed by atoms with Gasteiger partial charge in [0.25, 0.3) is 0 Å². The van der Waals surface area contributed by atoms with Gasteiger partial charge < -0.3 is 10.2 Å². The lowest BCUT2D eigenvalue weighted by atomic mass is 9.86. The highest BCUT2D eigenvalue weighted by molar-refractivity contribution is 9.10. The fourth-order valence-electron chi connectivity index (χ4n) is 2.84. The third kappa shape index (κ3) is 2.95. The van der Waals surface area contributed by atoms with E-state index in [4.69, 9.17) is 10.2 Å².